The summed E-state index contributed by atoms with van der Waals surface area (Å²) < 4.78 is 5.07. The molecule has 2 N–H and O–H groups in total. The number of methoxy groups -OCH3 is 1. The summed E-state index contributed by atoms with van der Waals surface area (Å²) in [7, 11) is 1.37. The van der Waals surface area contributed by atoms with Crippen molar-refractivity contribution in [3.05, 3.63) is 62.7 Å². The monoisotopic (exact) mass is 350 g/mol. The topological polar surface area (TPSA) is 119 Å². The average Bonchev–Trinajstić information content (AvgIpc) is 2.54. The van der Waals surface area contributed by atoms with E-state index in [0.717, 1.165) is 12.1 Å². The molecule has 124 valence electrons. The molecular formula is C15H11ClN2O6. The second-order valence-electron chi connectivity index (χ2n) is 4.56. The van der Waals surface area contributed by atoms with Gasteiger partial charge in [-0.2, -0.15) is 0 Å². The molecule has 0 atom stereocenters. The normalized spacial score (nSPS) is 10.1. The summed E-state index contributed by atoms with van der Waals surface area (Å²) in [5.41, 5.74) is -1.50. The second-order valence-corrected chi connectivity index (χ2v) is 5.00. The van der Waals surface area contributed by atoms with Crippen molar-refractivity contribution in [1.82, 2.24) is 0 Å². The van der Waals surface area contributed by atoms with Crippen LogP contribution in [0.3, 0.4) is 0 Å². The number of anilines is 1. The molecule has 0 aliphatic rings. The zero-order valence-corrected chi connectivity index (χ0v) is 13.0. The molecule has 0 radical (unpaired) electrons. The van der Waals surface area contributed by atoms with Crippen LogP contribution >= 0.6 is 11.6 Å². The largest absolute Gasteiger partial charge is 0.495 e. The van der Waals surface area contributed by atoms with Gasteiger partial charge in [0.1, 0.15) is 11.3 Å². The number of carboxylic acids is 1. The van der Waals surface area contributed by atoms with Crippen molar-refractivity contribution in [2.75, 3.05) is 12.4 Å². The van der Waals surface area contributed by atoms with Crippen LogP contribution in [0.1, 0.15) is 20.7 Å². The third-order valence-corrected chi connectivity index (χ3v) is 3.34. The van der Waals surface area contributed by atoms with Crippen LogP contribution in [0.15, 0.2) is 36.4 Å². The molecule has 2 aromatic carbocycles. The Hall–Kier alpha value is -3.13. The van der Waals surface area contributed by atoms with Crippen LogP contribution in [0.2, 0.25) is 5.02 Å². The van der Waals surface area contributed by atoms with Gasteiger partial charge in [-0.3, -0.25) is 14.9 Å². The van der Waals surface area contributed by atoms with Gasteiger partial charge in [-0.1, -0.05) is 17.7 Å². The number of nitro benzene ring substituents is 1. The van der Waals surface area contributed by atoms with E-state index in [9.17, 15) is 24.8 Å². The molecule has 2 rings (SSSR count). The molecule has 0 aliphatic carbocycles. The van der Waals surface area contributed by atoms with Crippen LogP contribution in [0.5, 0.6) is 5.75 Å². The quantitative estimate of drug-likeness (QED) is 0.631. The van der Waals surface area contributed by atoms with Crippen molar-refractivity contribution < 1.29 is 24.4 Å². The highest BCUT2D eigenvalue weighted by molar-refractivity contribution is 6.31. The molecule has 0 aliphatic heterocycles. The molecular weight excluding hydrogens is 340 g/mol. The van der Waals surface area contributed by atoms with Gasteiger partial charge in [-0.05, 0) is 24.3 Å². The van der Waals surface area contributed by atoms with Crippen LogP contribution in [0.4, 0.5) is 11.4 Å². The lowest BCUT2D eigenvalue weighted by molar-refractivity contribution is -0.385. The lowest BCUT2D eigenvalue weighted by Gasteiger charge is -2.12. The molecule has 0 saturated heterocycles. The molecule has 0 saturated carbocycles. The first-order valence-corrected chi connectivity index (χ1v) is 6.88. The lowest BCUT2D eigenvalue weighted by atomic mass is 10.0. The van der Waals surface area contributed by atoms with Crippen molar-refractivity contribution in [2.24, 2.45) is 0 Å². The maximum atomic E-state index is 12.5. The summed E-state index contributed by atoms with van der Waals surface area (Å²) in [5.74, 6) is -2.15. The molecule has 2 aromatic rings. The number of nitro groups is 1. The highest BCUT2D eigenvalue weighted by atomic mass is 35.5. The molecule has 0 bridgehead atoms. The maximum absolute atomic E-state index is 12.5. The minimum atomic E-state index is -1.46. The van der Waals surface area contributed by atoms with Crippen LogP contribution in [0, 0.1) is 10.1 Å². The number of carboxylic acid groups (broad SMARTS) is 1. The van der Waals surface area contributed by atoms with E-state index in [-0.39, 0.29) is 11.4 Å². The Bertz CT molecular complexity index is 804. The number of carbonyl (C=O) groups is 2. The predicted molar refractivity (Wildman–Crippen MR) is 86.0 cm³/mol. The molecule has 8 nitrogen and oxygen atoms in total. The molecule has 0 aromatic heterocycles. The van der Waals surface area contributed by atoms with Gasteiger partial charge in [0.05, 0.1) is 23.3 Å². The number of nitrogens with one attached hydrogen (secondary N) is 1. The number of amides is 1. The van der Waals surface area contributed by atoms with Crippen molar-refractivity contribution in [2.45, 2.75) is 0 Å². The summed E-state index contributed by atoms with van der Waals surface area (Å²) in [6.45, 7) is 0. The summed E-state index contributed by atoms with van der Waals surface area (Å²) >= 11 is 5.86. The van der Waals surface area contributed by atoms with Gasteiger partial charge >= 0.3 is 5.97 Å². The SMILES string of the molecule is COc1ccc(Cl)cc1NC(=O)c1c(C(=O)O)cccc1[N+](=O)[O-]. The Morgan fingerprint density at radius 3 is 2.58 bits per heavy atom. The van der Waals surface area contributed by atoms with Crippen molar-refractivity contribution in [1.29, 1.82) is 0 Å². The lowest BCUT2D eigenvalue weighted by Crippen LogP contribution is -2.18. The second kappa shape index (κ2) is 6.97. The fraction of sp³-hybridized carbons (Fsp3) is 0.0667. The standard InChI is InChI=1S/C15H11ClN2O6/c1-24-12-6-5-8(16)7-10(12)17-14(19)13-9(15(20)21)3-2-4-11(13)18(22)23/h2-7H,1H3,(H,17,19)(H,20,21). The zero-order chi connectivity index (χ0) is 17.9. The highest BCUT2D eigenvalue weighted by Crippen LogP contribution is 2.30. The van der Waals surface area contributed by atoms with Crippen molar-refractivity contribution in [3.63, 3.8) is 0 Å². The van der Waals surface area contributed by atoms with E-state index in [4.69, 9.17) is 16.3 Å². The third-order valence-electron chi connectivity index (χ3n) is 3.11. The average molecular weight is 351 g/mol. The van der Waals surface area contributed by atoms with E-state index in [1.165, 1.54) is 31.4 Å². The van der Waals surface area contributed by atoms with E-state index in [1.54, 1.807) is 0 Å². The molecule has 1 amide bonds. The van der Waals surface area contributed by atoms with Crippen LogP contribution in [-0.4, -0.2) is 29.0 Å². The zero-order valence-electron chi connectivity index (χ0n) is 12.3. The van der Waals surface area contributed by atoms with Gasteiger partial charge in [-0.15, -0.1) is 0 Å². The van der Waals surface area contributed by atoms with E-state index in [1.807, 2.05) is 0 Å². The number of hydrogen-bond acceptors (Lipinski definition) is 5. The molecule has 0 unspecified atom stereocenters. The smallest absolute Gasteiger partial charge is 0.336 e. The van der Waals surface area contributed by atoms with Gasteiger partial charge in [0.15, 0.2) is 0 Å². The Morgan fingerprint density at radius 1 is 1.29 bits per heavy atom. The van der Waals surface area contributed by atoms with Crippen molar-refractivity contribution >= 4 is 34.9 Å². The molecule has 24 heavy (non-hydrogen) atoms. The number of ether oxygens (including phenoxy) is 1. The Labute approximate surface area is 140 Å². The molecule has 0 spiro atoms. The van der Waals surface area contributed by atoms with E-state index in [2.05, 4.69) is 5.32 Å². The van der Waals surface area contributed by atoms with Gasteiger partial charge < -0.3 is 15.2 Å². The minimum absolute atomic E-state index is 0.157. The first-order chi connectivity index (χ1) is 11.3. The Balaban J connectivity index is 2.53. The van der Waals surface area contributed by atoms with Crippen LogP contribution < -0.4 is 10.1 Å². The first-order valence-electron chi connectivity index (χ1n) is 6.50. The third kappa shape index (κ3) is 3.44. The number of hydrogen-bond donors (Lipinski definition) is 2. The number of aromatic carboxylic acids is 1. The number of nitrogens with zero attached hydrogens (tertiary/aromatic N) is 1. The first kappa shape index (κ1) is 17.2. The van der Waals surface area contributed by atoms with Crippen molar-refractivity contribution in [3.8, 4) is 5.75 Å². The van der Waals surface area contributed by atoms with Crippen LogP contribution in [-0.2, 0) is 0 Å². The van der Waals surface area contributed by atoms with Gasteiger partial charge in [0, 0.05) is 11.1 Å². The number of rotatable bonds is 5. The maximum Gasteiger partial charge on any atom is 0.336 e. The number of halogens is 1. The van der Waals surface area contributed by atoms with E-state index in [0.29, 0.717) is 5.02 Å². The Morgan fingerprint density at radius 2 is 2.00 bits per heavy atom. The minimum Gasteiger partial charge on any atom is -0.495 e. The van der Waals surface area contributed by atoms with Gasteiger partial charge in [0.25, 0.3) is 11.6 Å². The summed E-state index contributed by atoms with van der Waals surface area (Å²) in [6.07, 6.45) is 0. The predicted octanol–water partition coefficient (Wildman–Crippen LogP) is 3.21. The summed E-state index contributed by atoms with van der Waals surface area (Å²) in [5, 5.41) is 23.0. The van der Waals surface area contributed by atoms with Gasteiger partial charge in [-0.25, -0.2) is 4.79 Å². The highest BCUT2D eigenvalue weighted by Gasteiger charge is 2.27. The summed E-state index contributed by atoms with van der Waals surface area (Å²) in [6, 6.07) is 7.76. The molecule has 0 heterocycles. The molecule has 9 heteroatoms. The fourth-order valence-corrected chi connectivity index (χ4v) is 2.24. The summed E-state index contributed by atoms with van der Waals surface area (Å²) in [4.78, 5) is 34.0. The van der Waals surface area contributed by atoms with Crippen LogP contribution in [0.25, 0.3) is 0 Å². The number of benzene rings is 2. The van der Waals surface area contributed by atoms with E-state index < -0.39 is 33.6 Å². The van der Waals surface area contributed by atoms with Gasteiger partial charge in [0.2, 0.25) is 0 Å². The Kier molecular flexibility index (Phi) is 5.00. The fourth-order valence-electron chi connectivity index (χ4n) is 2.07. The molecule has 0 fully saturated rings. The van der Waals surface area contributed by atoms with E-state index >= 15 is 0 Å². The number of carbonyl (C=O) groups excluding carboxylic acids is 1.